The van der Waals surface area contributed by atoms with E-state index in [0.717, 1.165) is 6.42 Å². The second kappa shape index (κ2) is 6.09. The van der Waals surface area contributed by atoms with Crippen molar-refractivity contribution >= 4 is 28.9 Å². The van der Waals surface area contributed by atoms with E-state index in [4.69, 9.17) is 11.6 Å². The molecule has 2 rings (SSSR count). The minimum absolute atomic E-state index is 0.0347. The van der Waals surface area contributed by atoms with E-state index < -0.39 is 4.92 Å². The molecule has 1 aromatic rings. The van der Waals surface area contributed by atoms with Crippen LogP contribution in [0.15, 0.2) is 18.2 Å². The maximum Gasteiger partial charge on any atom is 0.310 e. The normalized spacial score (nSPS) is 15.9. The average molecular weight is 298 g/mol. The molecule has 0 radical (unpaired) electrons. The van der Waals surface area contributed by atoms with Crippen LogP contribution in [-0.4, -0.2) is 41.9 Å². The molecule has 1 aliphatic rings. The van der Waals surface area contributed by atoms with Gasteiger partial charge in [-0.05, 0) is 18.6 Å². The first-order chi connectivity index (χ1) is 9.50. The molecule has 0 spiro atoms. The highest BCUT2D eigenvalue weighted by atomic mass is 35.5. The smallest absolute Gasteiger partial charge is 0.310 e. The van der Waals surface area contributed by atoms with E-state index in [2.05, 4.69) is 0 Å². The number of nitrogens with zero attached hydrogens (tertiary/aromatic N) is 3. The predicted octanol–water partition coefficient (Wildman–Crippen LogP) is 2.31. The first-order valence-electron chi connectivity index (χ1n) is 6.44. The van der Waals surface area contributed by atoms with Crippen LogP contribution >= 0.6 is 11.6 Å². The Hall–Kier alpha value is -1.82. The number of amides is 1. The van der Waals surface area contributed by atoms with E-state index in [1.807, 2.05) is 4.90 Å². The molecule has 0 unspecified atom stereocenters. The highest BCUT2D eigenvalue weighted by Gasteiger charge is 2.25. The SMILES string of the molecule is CC(=O)N1CCCN(c2cccc(Cl)c2[N+](=O)[O-])CC1. The Kier molecular flexibility index (Phi) is 4.44. The summed E-state index contributed by atoms with van der Waals surface area (Å²) >= 11 is 5.93. The van der Waals surface area contributed by atoms with Gasteiger partial charge in [0.25, 0.3) is 0 Å². The van der Waals surface area contributed by atoms with Gasteiger partial charge in [0.05, 0.1) is 4.92 Å². The third kappa shape index (κ3) is 3.01. The predicted molar refractivity (Wildman–Crippen MR) is 77.2 cm³/mol. The van der Waals surface area contributed by atoms with E-state index >= 15 is 0 Å². The second-order valence-electron chi connectivity index (χ2n) is 4.71. The zero-order valence-electron chi connectivity index (χ0n) is 11.2. The Bertz CT molecular complexity index is 536. The van der Waals surface area contributed by atoms with Crippen LogP contribution in [0.4, 0.5) is 11.4 Å². The van der Waals surface area contributed by atoms with Crippen LogP contribution in [0.3, 0.4) is 0 Å². The highest BCUT2D eigenvalue weighted by Crippen LogP contribution is 2.35. The summed E-state index contributed by atoms with van der Waals surface area (Å²) in [6.45, 7) is 4.03. The average Bonchev–Trinajstić information content (AvgIpc) is 2.63. The Morgan fingerprint density at radius 2 is 2.05 bits per heavy atom. The number of carbonyl (C=O) groups excluding carboxylic acids is 1. The van der Waals surface area contributed by atoms with E-state index in [-0.39, 0.29) is 16.6 Å². The van der Waals surface area contributed by atoms with Gasteiger partial charge in [-0.3, -0.25) is 14.9 Å². The standard InChI is InChI=1S/C13H16ClN3O3/c1-10(18)15-6-3-7-16(9-8-15)12-5-2-4-11(14)13(12)17(19)20/h2,4-5H,3,6-9H2,1H3. The van der Waals surface area contributed by atoms with Crippen LogP contribution in [0.5, 0.6) is 0 Å². The minimum Gasteiger partial charge on any atom is -0.364 e. The van der Waals surface area contributed by atoms with Gasteiger partial charge in [-0.2, -0.15) is 0 Å². The van der Waals surface area contributed by atoms with Crippen molar-refractivity contribution in [2.45, 2.75) is 13.3 Å². The third-order valence-electron chi connectivity index (χ3n) is 3.43. The van der Waals surface area contributed by atoms with Gasteiger partial charge in [-0.15, -0.1) is 0 Å². The van der Waals surface area contributed by atoms with Crippen LogP contribution in [0.2, 0.25) is 5.02 Å². The lowest BCUT2D eigenvalue weighted by atomic mass is 10.2. The van der Waals surface area contributed by atoms with Crippen molar-refractivity contribution in [3.05, 3.63) is 33.3 Å². The van der Waals surface area contributed by atoms with Crippen LogP contribution in [0, 0.1) is 10.1 Å². The number of nitro benzene ring substituents is 1. The van der Waals surface area contributed by atoms with E-state index in [1.165, 1.54) is 13.0 Å². The summed E-state index contributed by atoms with van der Waals surface area (Å²) in [6, 6.07) is 4.93. The summed E-state index contributed by atoms with van der Waals surface area (Å²) in [4.78, 5) is 25.8. The van der Waals surface area contributed by atoms with Crippen molar-refractivity contribution in [3.8, 4) is 0 Å². The number of hydrogen-bond donors (Lipinski definition) is 0. The molecule has 0 atom stereocenters. The van der Waals surface area contributed by atoms with E-state index in [9.17, 15) is 14.9 Å². The summed E-state index contributed by atoms with van der Waals surface area (Å²) < 4.78 is 0. The molecule has 1 aromatic carbocycles. The molecule has 1 heterocycles. The quantitative estimate of drug-likeness (QED) is 0.620. The fourth-order valence-electron chi connectivity index (χ4n) is 2.41. The molecule has 7 heteroatoms. The van der Waals surface area contributed by atoms with Gasteiger partial charge in [0.15, 0.2) is 0 Å². The third-order valence-corrected chi connectivity index (χ3v) is 3.73. The lowest BCUT2D eigenvalue weighted by Gasteiger charge is -2.23. The van der Waals surface area contributed by atoms with Gasteiger partial charge < -0.3 is 9.80 Å². The maximum atomic E-state index is 11.4. The highest BCUT2D eigenvalue weighted by molar-refractivity contribution is 6.33. The van der Waals surface area contributed by atoms with E-state index in [1.54, 1.807) is 17.0 Å². The second-order valence-corrected chi connectivity index (χ2v) is 5.12. The Morgan fingerprint density at radius 1 is 1.30 bits per heavy atom. The monoisotopic (exact) mass is 297 g/mol. The van der Waals surface area contributed by atoms with Gasteiger partial charge in [0.1, 0.15) is 10.7 Å². The molecule has 0 bridgehead atoms. The van der Waals surface area contributed by atoms with Crippen LogP contribution in [-0.2, 0) is 4.79 Å². The summed E-state index contributed by atoms with van der Waals surface area (Å²) in [5.41, 5.74) is 0.457. The number of hydrogen-bond acceptors (Lipinski definition) is 4. The molecule has 1 saturated heterocycles. The lowest BCUT2D eigenvalue weighted by Crippen LogP contribution is -2.33. The number of benzene rings is 1. The fraction of sp³-hybridized carbons (Fsp3) is 0.462. The van der Waals surface area contributed by atoms with Crippen LogP contribution < -0.4 is 4.90 Å². The first kappa shape index (κ1) is 14.6. The van der Waals surface area contributed by atoms with Gasteiger partial charge >= 0.3 is 5.69 Å². The van der Waals surface area contributed by atoms with Gasteiger partial charge in [0, 0.05) is 33.1 Å². The summed E-state index contributed by atoms with van der Waals surface area (Å²) in [7, 11) is 0. The van der Waals surface area contributed by atoms with Crippen molar-refractivity contribution in [2.24, 2.45) is 0 Å². The first-order valence-corrected chi connectivity index (χ1v) is 6.82. The molecular formula is C13H16ClN3O3. The van der Waals surface area contributed by atoms with Crippen molar-refractivity contribution in [2.75, 3.05) is 31.1 Å². The molecule has 0 aromatic heterocycles. The molecule has 1 amide bonds. The molecule has 6 nitrogen and oxygen atoms in total. The number of halogens is 1. The molecule has 20 heavy (non-hydrogen) atoms. The van der Waals surface area contributed by atoms with Gasteiger partial charge in [-0.25, -0.2) is 0 Å². The molecule has 108 valence electrons. The van der Waals surface area contributed by atoms with Crippen molar-refractivity contribution in [1.29, 1.82) is 0 Å². The number of nitro groups is 1. The maximum absolute atomic E-state index is 11.4. The molecule has 0 saturated carbocycles. The van der Waals surface area contributed by atoms with Gasteiger partial charge in [0.2, 0.25) is 5.91 Å². The van der Waals surface area contributed by atoms with Gasteiger partial charge in [-0.1, -0.05) is 17.7 Å². The Morgan fingerprint density at radius 3 is 2.70 bits per heavy atom. The zero-order valence-corrected chi connectivity index (χ0v) is 12.0. The molecule has 1 fully saturated rings. The number of carbonyl (C=O) groups is 1. The Labute approximate surface area is 122 Å². The van der Waals surface area contributed by atoms with Crippen LogP contribution in [0.25, 0.3) is 0 Å². The minimum atomic E-state index is -0.453. The summed E-state index contributed by atoms with van der Waals surface area (Å²) in [5.74, 6) is 0.0347. The van der Waals surface area contributed by atoms with Crippen LogP contribution in [0.1, 0.15) is 13.3 Å². The molecule has 0 aliphatic carbocycles. The number of anilines is 1. The summed E-state index contributed by atoms with van der Waals surface area (Å²) in [5, 5.41) is 11.3. The molecule has 1 aliphatic heterocycles. The van der Waals surface area contributed by atoms with Crippen molar-refractivity contribution in [1.82, 2.24) is 4.90 Å². The Balaban J connectivity index is 2.26. The number of rotatable bonds is 2. The van der Waals surface area contributed by atoms with Crippen molar-refractivity contribution in [3.63, 3.8) is 0 Å². The largest absolute Gasteiger partial charge is 0.364 e. The molecule has 0 N–H and O–H groups in total. The fourth-order valence-corrected chi connectivity index (χ4v) is 2.65. The lowest BCUT2D eigenvalue weighted by molar-refractivity contribution is -0.384. The topological polar surface area (TPSA) is 66.7 Å². The molecular weight excluding hydrogens is 282 g/mol. The summed E-state index contributed by atoms with van der Waals surface area (Å²) in [6.07, 6.45) is 0.781. The van der Waals surface area contributed by atoms with E-state index in [0.29, 0.717) is 31.9 Å². The number of para-hydroxylation sites is 1. The van der Waals surface area contributed by atoms with Crippen molar-refractivity contribution < 1.29 is 9.72 Å². The zero-order chi connectivity index (χ0) is 14.7.